The number of hydrogen-bond acceptors (Lipinski definition) is 5. The highest BCUT2D eigenvalue weighted by Gasteiger charge is 2.28. The van der Waals surface area contributed by atoms with Gasteiger partial charge in [-0.3, -0.25) is 4.79 Å². The van der Waals surface area contributed by atoms with Crippen LogP contribution in [0.4, 0.5) is 9.52 Å². The van der Waals surface area contributed by atoms with Gasteiger partial charge in [0.2, 0.25) is 5.91 Å². The molecule has 2 saturated heterocycles. The minimum atomic E-state index is -0.230. The number of ether oxygens (including phenoxy) is 1. The molecule has 0 aliphatic carbocycles. The van der Waals surface area contributed by atoms with E-state index in [2.05, 4.69) is 9.88 Å². The van der Waals surface area contributed by atoms with Gasteiger partial charge in [-0.15, -0.1) is 0 Å². The van der Waals surface area contributed by atoms with Gasteiger partial charge in [0.15, 0.2) is 5.13 Å². The second kappa shape index (κ2) is 7.25. The van der Waals surface area contributed by atoms with Crippen LogP contribution in [0, 0.1) is 11.7 Å². The van der Waals surface area contributed by atoms with E-state index in [-0.39, 0.29) is 17.6 Å². The van der Waals surface area contributed by atoms with Crippen molar-refractivity contribution in [3.05, 3.63) is 24.0 Å². The third-order valence-electron chi connectivity index (χ3n) is 4.99. The number of amides is 1. The molecule has 0 saturated carbocycles. The number of anilines is 1. The van der Waals surface area contributed by atoms with Gasteiger partial charge in [-0.1, -0.05) is 11.3 Å². The number of fused-ring (bicyclic) bond motifs is 1. The van der Waals surface area contributed by atoms with E-state index in [9.17, 15) is 9.18 Å². The molecule has 2 aliphatic rings. The number of benzene rings is 1. The molecule has 2 aliphatic heterocycles. The van der Waals surface area contributed by atoms with E-state index >= 15 is 0 Å². The van der Waals surface area contributed by atoms with Crippen molar-refractivity contribution in [2.24, 2.45) is 5.92 Å². The summed E-state index contributed by atoms with van der Waals surface area (Å²) in [6.07, 6.45) is 2.60. The standard InChI is InChI=1S/C18H22FN3O2S/c19-14-2-3-15-16(12-14)25-18(20-15)22-7-1-6-21(8-9-22)17(23)13-4-10-24-11-5-13/h2-3,12-13H,1,4-11H2. The first-order valence-corrected chi connectivity index (χ1v) is 9.70. The first-order chi connectivity index (χ1) is 12.2. The Balaban J connectivity index is 1.44. The normalized spacial score (nSPS) is 20.0. The van der Waals surface area contributed by atoms with Crippen LogP contribution in [0.3, 0.4) is 0 Å². The number of carbonyl (C=O) groups excluding carboxylic acids is 1. The van der Waals surface area contributed by atoms with Gasteiger partial charge in [0.1, 0.15) is 5.82 Å². The Morgan fingerprint density at radius 3 is 2.88 bits per heavy atom. The lowest BCUT2D eigenvalue weighted by atomic mass is 9.98. The Hall–Kier alpha value is -1.73. The molecule has 1 aromatic carbocycles. The fourth-order valence-corrected chi connectivity index (χ4v) is 4.60. The molecule has 2 fully saturated rings. The summed E-state index contributed by atoms with van der Waals surface area (Å²) >= 11 is 1.52. The van der Waals surface area contributed by atoms with Gasteiger partial charge in [-0.2, -0.15) is 0 Å². The summed E-state index contributed by atoms with van der Waals surface area (Å²) < 4.78 is 19.6. The van der Waals surface area contributed by atoms with Crippen LogP contribution in [0.15, 0.2) is 18.2 Å². The van der Waals surface area contributed by atoms with E-state index in [0.29, 0.717) is 13.2 Å². The molecule has 25 heavy (non-hydrogen) atoms. The van der Waals surface area contributed by atoms with Crippen molar-refractivity contribution < 1.29 is 13.9 Å². The predicted octanol–water partition coefficient (Wildman–Crippen LogP) is 2.90. The molecule has 4 rings (SSSR count). The Kier molecular flexibility index (Phi) is 4.85. The van der Waals surface area contributed by atoms with Crippen LogP contribution in [-0.4, -0.2) is 55.2 Å². The van der Waals surface area contributed by atoms with Crippen molar-refractivity contribution in [1.29, 1.82) is 0 Å². The largest absolute Gasteiger partial charge is 0.381 e. The van der Waals surface area contributed by atoms with Crippen molar-refractivity contribution in [3.63, 3.8) is 0 Å². The second-order valence-electron chi connectivity index (χ2n) is 6.66. The highest BCUT2D eigenvalue weighted by molar-refractivity contribution is 7.22. The average Bonchev–Trinajstić information content (AvgIpc) is 2.89. The van der Waals surface area contributed by atoms with Gasteiger partial charge in [0, 0.05) is 45.3 Å². The van der Waals surface area contributed by atoms with Crippen molar-refractivity contribution in [2.45, 2.75) is 19.3 Å². The molecule has 0 unspecified atom stereocenters. The summed E-state index contributed by atoms with van der Waals surface area (Å²) in [5.41, 5.74) is 0.834. The molecule has 0 atom stereocenters. The lowest BCUT2D eigenvalue weighted by Crippen LogP contribution is -2.40. The summed E-state index contributed by atoms with van der Waals surface area (Å²) in [5.74, 6) is 0.161. The molecular weight excluding hydrogens is 341 g/mol. The zero-order valence-electron chi connectivity index (χ0n) is 14.1. The van der Waals surface area contributed by atoms with Gasteiger partial charge >= 0.3 is 0 Å². The lowest BCUT2D eigenvalue weighted by molar-refractivity contribution is -0.138. The van der Waals surface area contributed by atoms with Crippen molar-refractivity contribution in [3.8, 4) is 0 Å². The molecule has 1 aromatic heterocycles. The summed E-state index contributed by atoms with van der Waals surface area (Å²) in [5, 5.41) is 0.918. The maximum Gasteiger partial charge on any atom is 0.225 e. The van der Waals surface area contributed by atoms with E-state index in [1.165, 1.54) is 23.5 Å². The zero-order chi connectivity index (χ0) is 17.2. The minimum absolute atomic E-state index is 0.116. The van der Waals surface area contributed by atoms with Crippen LogP contribution in [0.1, 0.15) is 19.3 Å². The summed E-state index contributed by atoms with van der Waals surface area (Å²) in [7, 11) is 0. The molecule has 5 nitrogen and oxygen atoms in total. The van der Waals surface area contributed by atoms with Gasteiger partial charge in [-0.25, -0.2) is 9.37 Å². The number of halogens is 1. The highest BCUT2D eigenvalue weighted by atomic mass is 32.1. The molecule has 3 heterocycles. The Morgan fingerprint density at radius 1 is 1.20 bits per heavy atom. The first-order valence-electron chi connectivity index (χ1n) is 8.88. The smallest absolute Gasteiger partial charge is 0.225 e. The number of rotatable bonds is 2. The fourth-order valence-electron chi connectivity index (χ4n) is 3.55. The van der Waals surface area contributed by atoms with Crippen molar-refractivity contribution in [1.82, 2.24) is 9.88 Å². The zero-order valence-corrected chi connectivity index (χ0v) is 14.9. The van der Waals surface area contributed by atoms with E-state index in [1.807, 2.05) is 4.90 Å². The number of hydrogen-bond donors (Lipinski definition) is 0. The number of nitrogens with zero attached hydrogens (tertiary/aromatic N) is 3. The molecule has 7 heteroatoms. The molecule has 0 N–H and O–H groups in total. The molecular formula is C18H22FN3O2S. The van der Waals surface area contributed by atoms with E-state index < -0.39 is 0 Å². The SMILES string of the molecule is O=C(C1CCOCC1)N1CCCN(c2nc3ccc(F)cc3s2)CC1. The number of carbonyl (C=O) groups is 1. The van der Waals surface area contributed by atoms with Crippen LogP contribution in [0.2, 0.25) is 0 Å². The second-order valence-corrected chi connectivity index (χ2v) is 7.67. The van der Waals surface area contributed by atoms with Crippen molar-refractivity contribution >= 4 is 32.6 Å². The monoisotopic (exact) mass is 363 g/mol. The average molecular weight is 363 g/mol. The maximum atomic E-state index is 13.4. The van der Waals surface area contributed by atoms with Crippen LogP contribution < -0.4 is 4.90 Å². The first kappa shape index (κ1) is 16.7. The molecule has 134 valence electrons. The molecule has 0 spiro atoms. The van der Waals surface area contributed by atoms with Gasteiger partial charge in [0.05, 0.1) is 10.2 Å². The van der Waals surface area contributed by atoms with Gasteiger partial charge in [0.25, 0.3) is 0 Å². The number of aromatic nitrogens is 1. The lowest BCUT2D eigenvalue weighted by Gasteiger charge is -2.28. The van der Waals surface area contributed by atoms with Crippen molar-refractivity contribution in [2.75, 3.05) is 44.3 Å². The van der Waals surface area contributed by atoms with E-state index in [0.717, 1.165) is 60.8 Å². The quantitative estimate of drug-likeness (QED) is 0.823. The van der Waals surface area contributed by atoms with Crippen LogP contribution in [0.25, 0.3) is 10.2 Å². The van der Waals surface area contributed by atoms with Crippen LogP contribution in [-0.2, 0) is 9.53 Å². The topological polar surface area (TPSA) is 45.7 Å². The predicted molar refractivity (Wildman–Crippen MR) is 96.5 cm³/mol. The van der Waals surface area contributed by atoms with E-state index in [1.54, 1.807) is 6.07 Å². The Bertz CT molecular complexity index is 760. The summed E-state index contributed by atoms with van der Waals surface area (Å²) in [6.45, 7) is 4.56. The summed E-state index contributed by atoms with van der Waals surface area (Å²) in [4.78, 5) is 21.6. The Labute approximate surface area is 150 Å². The maximum absolute atomic E-state index is 13.4. The molecule has 0 bridgehead atoms. The molecule has 2 aromatic rings. The van der Waals surface area contributed by atoms with Gasteiger partial charge in [-0.05, 0) is 37.5 Å². The molecule has 0 radical (unpaired) electrons. The van der Waals surface area contributed by atoms with Crippen LogP contribution in [0.5, 0.6) is 0 Å². The van der Waals surface area contributed by atoms with Crippen LogP contribution >= 0.6 is 11.3 Å². The number of thiazole rings is 1. The van der Waals surface area contributed by atoms with E-state index in [4.69, 9.17) is 4.74 Å². The van der Waals surface area contributed by atoms with Gasteiger partial charge < -0.3 is 14.5 Å². The highest BCUT2D eigenvalue weighted by Crippen LogP contribution is 2.30. The summed E-state index contributed by atoms with van der Waals surface area (Å²) in [6, 6.07) is 4.71. The fraction of sp³-hybridized carbons (Fsp3) is 0.556. The third kappa shape index (κ3) is 3.62. The molecule has 1 amide bonds. The Morgan fingerprint density at radius 2 is 2.04 bits per heavy atom. The third-order valence-corrected chi connectivity index (χ3v) is 6.07. The minimum Gasteiger partial charge on any atom is -0.381 e.